The first-order valence-corrected chi connectivity index (χ1v) is 7.54. The Morgan fingerprint density at radius 2 is 1.81 bits per heavy atom. The largest absolute Gasteiger partial charge is 0.502 e. The number of benzene rings is 2. The van der Waals surface area contributed by atoms with Crippen LogP contribution >= 0.6 is 0 Å². The SMILES string of the molecule is COc1ccc(-c2oc3c([N+](=O)[O-])cc(C)cc3c(=O)c2O)cc1OC. The summed E-state index contributed by atoms with van der Waals surface area (Å²) in [5.41, 5.74) is -0.473. The molecule has 1 aromatic heterocycles. The van der Waals surface area contributed by atoms with Crippen LogP contribution in [0.2, 0.25) is 0 Å². The van der Waals surface area contributed by atoms with E-state index in [1.165, 1.54) is 32.4 Å². The van der Waals surface area contributed by atoms with Gasteiger partial charge in [0.15, 0.2) is 17.3 Å². The van der Waals surface area contributed by atoms with Gasteiger partial charge in [0.2, 0.25) is 16.8 Å². The monoisotopic (exact) mass is 357 g/mol. The minimum absolute atomic E-state index is 0.0570. The predicted molar refractivity (Wildman–Crippen MR) is 94.1 cm³/mol. The topological polar surface area (TPSA) is 112 Å². The second kappa shape index (κ2) is 6.40. The molecule has 0 saturated heterocycles. The van der Waals surface area contributed by atoms with Gasteiger partial charge >= 0.3 is 5.69 Å². The number of rotatable bonds is 4. The number of non-ortho nitro benzene ring substituents is 1. The molecule has 0 radical (unpaired) electrons. The zero-order valence-corrected chi connectivity index (χ0v) is 14.2. The lowest BCUT2D eigenvalue weighted by Gasteiger charge is -2.11. The molecule has 0 amide bonds. The number of aryl methyl sites for hydroxylation is 1. The van der Waals surface area contributed by atoms with Crippen molar-refractivity contribution in [1.82, 2.24) is 0 Å². The van der Waals surface area contributed by atoms with Crippen LogP contribution in [-0.4, -0.2) is 24.2 Å². The molecule has 0 atom stereocenters. The Labute approximate surface area is 147 Å². The maximum absolute atomic E-state index is 12.5. The quantitative estimate of drug-likeness (QED) is 0.562. The molecule has 3 aromatic rings. The lowest BCUT2D eigenvalue weighted by atomic mass is 10.1. The van der Waals surface area contributed by atoms with Crippen molar-refractivity contribution >= 4 is 16.7 Å². The lowest BCUT2D eigenvalue weighted by Crippen LogP contribution is -2.05. The summed E-state index contributed by atoms with van der Waals surface area (Å²) >= 11 is 0. The van der Waals surface area contributed by atoms with Crippen LogP contribution in [0.5, 0.6) is 17.2 Å². The minimum Gasteiger partial charge on any atom is -0.502 e. The van der Waals surface area contributed by atoms with Gasteiger partial charge in [0.05, 0.1) is 24.5 Å². The number of hydrogen-bond acceptors (Lipinski definition) is 7. The summed E-state index contributed by atoms with van der Waals surface area (Å²) < 4.78 is 15.9. The second-order valence-corrected chi connectivity index (χ2v) is 5.60. The fourth-order valence-corrected chi connectivity index (χ4v) is 2.72. The number of ether oxygens (including phenoxy) is 2. The molecule has 134 valence electrons. The van der Waals surface area contributed by atoms with Crippen molar-refractivity contribution in [1.29, 1.82) is 0 Å². The summed E-state index contributed by atoms with van der Waals surface area (Å²) in [5.74, 6) is -0.0222. The van der Waals surface area contributed by atoms with Gasteiger partial charge in [0.25, 0.3) is 0 Å². The van der Waals surface area contributed by atoms with Gasteiger partial charge in [0, 0.05) is 11.6 Å². The highest BCUT2D eigenvalue weighted by Gasteiger charge is 2.23. The molecule has 1 N–H and O–H groups in total. The smallest absolute Gasteiger partial charge is 0.312 e. The van der Waals surface area contributed by atoms with Crippen LogP contribution < -0.4 is 14.9 Å². The summed E-state index contributed by atoms with van der Waals surface area (Å²) in [6.07, 6.45) is 0. The third-order valence-corrected chi connectivity index (χ3v) is 3.93. The molecule has 0 aliphatic rings. The summed E-state index contributed by atoms with van der Waals surface area (Å²) in [6.45, 7) is 1.62. The van der Waals surface area contributed by atoms with E-state index < -0.39 is 16.1 Å². The number of nitro groups is 1. The van der Waals surface area contributed by atoms with Crippen molar-refractivity contribution < 1.29 is 23.9 Å². The number of fused-ring (bicyclic) bond motifs is 1. The molecule has 0 aliphatic heterocycles. The van der Waals surface area contributed by atoms with E-state index in [-0.39, 0.29) is 22.4 Å². The van der Waals surface area contributed by atoms with E-state index >= 15 is 0 Å². The number of nitrogens with zero attached hydrogens (tertiary/aromatic N) is 1. The molecule has 1 heterocycles. The van der Waals surface area contributed by atoms with Crippen molar-refractivity contribution in [2.24, 2.45) is 0 Å². The highest BCUT2D eigenvalue weighted by molar-refractivity contribution is 5.89. The average molecular weight is 357 g/mol. The fourth-order valence-electron chi connectivity index (χ4n) is 2.72. The van der Waals surface area contributed by atoms with Crippen molar-refractivity contribution in [3.05, 3.63) is 56.2 Å². The third kappa shape index (κ3) is 2.71. The van der Waals surface area contributed by atoms with Gasteiger partial charge in [-0.25, -0.2) is 0 Å². The Morgan fingerprint density at radius 3 is 2.42 bits per heavy atom. The second-order valence-electron chi connectivity index (χ2n) is 5.60. The van der Waals surface area contributed by atoms with Crippen LogP contribution in [0.15, 0.2) is 39.5 Å². The van der Waals surface area contributed by atoms with Crippen LogP contribution in [0.3, 0.4) is 0 Å². The van der Waals surface area contributed by atoms with E-state index in [4.69, 9.17) is 13.9 Å². The molecule has 8 nitrogen and oxygen atoms in total. The molecule has 0 saturated carbocycles. The summed E-state index contributed by atoms with van der Waals surface area (Å²) in [7, 11) is 2.91. The highest BCUT2D eigenvalue weighted by atomic mass is 16.6. The number of nitro benzene ring substituents is 1. The van der Waals surface area contributed by atoms with Crippen molar-refractivity contribution in [3.63, 3.8) is 0 Å². The van der Waals surface area contributed by atoms with Gasteiger partial charge < -0.3 is 19.0 Å². The summed E-state index contributed by atoms with van der Waals surface area (Å²) in [6, 6.07) is 7.36. The molecule has 0 bridgehead atoms. The Kier molecular flexibility index (Phi) is 4.25. The summed E-state index contributed by atoms with van der Waals surface area (Å²) in [4.78, 5) is 23.2. The van der Waals surface area contributed by atoms with Crippen molar-refractivity contribution in [2.45, 2.75) is 6.92 Å². The fraction of sp³-hybridized carbons (Fsp3) is 0.167. The maximum atomic E-state index is 12.5. The predicted octanol–water partition coefficient (Wildman–Crippen LogP) is 3.40. The van der Waals surface area contributed by atoms with Crippen LogP contribution in [0.1, 0.15) is 5.56 Å². The molecule has 0 spiro atoms. The number of hydrogen-bond donors (Lipinski definition) is 1. The minimum atomic E-state index is -0.747. The summed E-state index contributed by atoms with van der Waals surface area (Å²) in [5, 5.41) is 21.6. The van der Waals surface area contributed by atoms with E-state index in [9.17, 15) is 20.0 Å². The Hall–Kier alpha value is -3.55. The van der Waals surface area contributed by atoms with Gasteiger partial charge in [-0.1, -0.05) is 0 Å². The van der Waals surface area contributed by atoms with E-state index in [1.54, 1.807) is 19.1 Å². The lowest BCUT2D eigenvalue weighted by molar-refractivity contribution is -0.383. The van der Waals surface area contributed by atoms with Crippen molar-refractivity contribution in [2.75, 3.05) is 14.2 Å². The van der Waals surface area contributed by atoms with Gasteiger partial charge in [-0.2, -0.15) is 0 Å². The molecule has 26 heavy (non-hydrogen) atoms. The molecule has 8 heteroatoms. The highest BCUT2D eigenvalue weighted by Crippen LogP contribution is 2.38. The van der Waals surface area contributed by atoms with Gasteiger partial charge in [0.1, 0.15) is 0 Å². The molecule has 3 rings (SSSR count). The third-order valence-electron chi connectivity index (χ3n) is 3.93. The van der Waals surface area contributed by atoms with E-state index in [2.05, 4.69) is 0 Å². The molecule has 2 aromatic carbocycles. The number of methoxy groups -OCH3 is 2. The number of aromatic hydroxyl groups is 1. The first-order valence-electron chi connectivity index (χ1n) is 7.54. The van der Waals surface area contributed by atoms with E-state index in [1.807, 2.05) is 0 Å². The van der Waals surface area contributed by atoms with E-state index in [0.717, 1.165) is 0 Å². The molecule has 0 aliphatic carbocycles. The Morgan fingerprint density at radius 1 is 1.12 bits per heavy atom. The average Bonchev–Trinajstić information content (AvgIpc) is 2.63. The van der Waals surface area contributed by atoms with Crippen LogP contribution in [0.25, 0.3) is 22.3 Å². The standard InChI is InChI=1S/C18H15NO7/c1-9-6-11-15(20)16(21)17(26-18(11)12(7-9)19(22)23)10-4-5-13(24-2)14(8-10)25-3/h4-8,21H,1-3H3. The molecular weight excluding hydrogens is 342 g/mol. The molecular formula is C18H15NO7. The van der Waals surface area contributed by atoms with Crippen molar-refractivity contribution in [3.8, 4) is 28.6 Å². The Bertz CT molecular complexity index is 1090. The zero-order valence-electron chi connectivity index (χ0n) is 14.2. The molecule has 0 fully saturated rings. The Balaban J connectivity index is 2.36. The first kappa shape index (κ1) is 17.3. The van der Waals surface area contributed by atoms with Gasteiger partial charge in [-0.3, -0.25) is 14.9 Å². The van der Waals surface area contributed by atoms with Crippen LogP contribution in [0, 0.1) is 17.0 Å². The molecule has 0 unspecified atom stereocenters. The first-order chi connectivity index (χ1) is 12.4. The van der Waals surface area contributed by atoms with Gasteiger partial charge in [-0.05, 0) is 36.8 Å². The van der Waals surface area contributed by atoms with Crippen LogP contribution in [-0.2, 0) is 0 Å². The zero-order chi connectivity index (χ0) is 19.0. The van der Waals surface area contributed by atoms with Gasteiger partial charge in [-0.15, -0.1) is 0 Å². The normalized spacial score (nSPS) is 10.7. The van der Waals surface area contributed by atoms with Crippen LogP contribution in [0.4, 0.5) is 5.69 Å². The maximum Gasteiger partial charge on any atom is 0.312 e. The van der Waals surface area contributed by atoms with E-state index in [0.29, 0.717) is 22.6 Å².